The summed E-state index contributed by atoms with van der Waals surface area (Å²) < 4.78 is 39.9. The van der Waals surface area contributed by atoms with E-state index < -0.39 is 26.5 Å². The maximum Gasteiger partial charge on any atom is 0.472 e. The van der Waals surface area contributed by atoms with Gasteiger partial charge in [0.1, 0.15) is 19.8 Å². The summed E-state index contributed by atoms with van der Waals surface area (Å²) in [5.41, 5.74) is 0. The number of unbranched alkanes of at least 4 members (excludes halogenated alkanes) is 14. The highest BCUT2D eigenvalue weighted by Gasteiger charge is 2.36. The molecule has 340 valence electrons. The van der Waals surface area contributed by atoms with Gasteiger partial charge in [-0.3, -0.25) is 18.6 Å². The highest BCUT2D eigenvalue weighted by atomic mass is 31.2. The molecule has 1 saturated heterocycles. The van der Waals surface area contributed by atoms with Gasteiger partial charge in [0.15, 0.2) is 6.10 Å². The molecule has 0 aromatic rings. The number of carbonyl (C=O) groups excluding carboxylic acids is 2. The van der Waals surface area contributed by atoms with Crippen LogP contribution < -0.4 is 0 Å². The van der Waals surface area contributed by atoms with Crippen molar-refractivity contribution in [1.29, 1.82) is 0 Å². The molecule has 1 rings (SSSR count). The fourth-order valence-corrected chi connectivity index (χ4v) is 7.00. The Labute approximate surface area is 360 Å². The number of epoxide rings is 1. The first-order valence-corrected chi connectivity index (χ1v) is 24.6. The minimum atomic E-state index is -4.40. The minimum absolute atomic E-state index is 0.0147. The average Bonchev–Trinajstić information content (AvgIpc) is 3.94. The van der Waals surface area contributed by atoms with Gasteiger partial charge in [0.05, 0.1) is 40.0 Å². The third-order valence-corrected chi connectivity index (χ3v) is 11.0. The van der Waals surface area contributed by atoms with Gasteiger partial charge in [-0.15, -0.1) is 0 Å². The number of rotatable bonds is 40. The Morgan fingerprint density at radius 3 is 1.64 bits per heavy atom. The van der Waals surface area contributed by atoms with Crippen LogP contribution in [-0.4, -0.2) is 87.1 Å². The van der Waals surface area contributed by atoms with Gasteiger partial charge in [-0.25, -0.2) is 4.57 Å². The number of nitrogens with zero attached hydrogens (tertiary/aromatic N) is 1. The summed E-state index contributed by atoms with van der Waals surface area (Å²) in [5.74, 6) is -0.900. The molecular formula is C48H85NO9P+. The molecule has 0 saturated carbocycles. The van der Waals surface area contributed by atoms with E-state index in [1.807, 2.05) is 33.3 Å². The number of esters is 2. The van der Waals surface area contributed by atoms with Gasteiger partial charge in [-0.2, -0.15) is 0 Å². The van der Waals surface area contributed by atoms with Crippen LogP contribution in [0.1, 0.15) is 168 Å². The number of ether oxygens (including phenoxy) is 3. The molecule has 0 aromatic heterocycles. The third-order valence-electron chi connectivity index (χ3n) is 9.98. The summed E-state index contributed by atoms with van der Waals surface area (Å²) in [5, 5.41) is 0. The molecule has 1 heterocycles. The predicted molar refractivity (Wildman–Crippen MR) is 242 cm³/mol. The van der Waals surface area contributed by atoms with Crippen molar-refractivity contribution in [2.45, 2.75) is 186 Å². The molecular weight excluding hydrogens is 766 g/mol. The Bertz CT molecular complexity index is 1260. The molecule has 10 nitrogen and oxygen atoms in total. The van der Waals surface area contributed by atoms with Gasteiger partial charge in [0.25, 0.3) is 0 Å². The standard InChI is InChI=1S/C48H84NO9P/c1-6-8-10-11-12-13-14-15-16-17-21-24-27-30-34-38-47(50)54-42-44(43-56-59(52,53)55-41-40-49(3,4)5)57-48(51)39-35-31-28-25-22-19-18-20-23-26-29-33-37-46-45(58-46)36-32-9-7-2/h9,19-20,22-23,28-29,31-33,44-46H,6-8,10-18,21,24-27,30,34-43H2,1-5H3/p+1/b22-19-,23-20-,31-28-,32-9-,33-29-/t44-,45?,46?/m1/s1. The molecule has 1 aliphatic rings. The SMILES string of the molecule is CC/C=C\CC1OC1C/C=C\C/C=C\C/C=C\C/C=C\CCC(=O)O[C@H](COC(=O)CCCCCCCCCCCCCCCCC)COP(=O)(O)OCC[N+](C)(C)C. The maximum atomic E-state index is 12.7. The lowest BCUT2D eigenvalue weighted by atomic mass is 10.0. The van der Waals surface area contributed by atoms with Gasteiger partial charge in [0, 0.05) is 12.8 Å². The van der Waals surface area contributed by atoms with Crippen molar-refractivity contribution >= 4 is 19.8 Å². The number of phosphoric acid groups is 1. The molecule has 1 N–H and O–H groups in total. The molecule has 1 fully saturated rings. The first-order valence-electron chi connectivity index (χ1n) is 23.1. The zero-order chi connectivity index (χ0) is 43.3. The average molecular weight is 851 g/mol. The second-order valence-corrected chi connectivity index (χ2v) is 18.3. The van der Waals surface area contributed by atoms with Crippen molar-refractivity contribution in [2.75, 3.05) is 47.5 Å². The summed E-state index contributed by atoms with van der Waals surface area (Å²) in [6.45, 7) is 4.21. The lowest BCUT2D eigenvalue weighted by molar-refractivity contribution is -0.870. The van der Waals surface area contributed by atoms with Crippen molar-refractivity contribution < 1.29 is 46.8 Å². The molecule has 1 aliphatic heterocycles. The number of carbonyl (C=O) groups is 2. The Hall–Kier alpha value is -2.33. The van der Waals surface area contributed by atoms with Crippen LogP contribution in [0.3, 0.4) is 0 Å². The second kappa shape index (κ2) is 36.3. The van der Waals surface area contributed by atoms with Crippen LogP contribution in [0.15, 0.2) is 60.8 Å². The van der Waals surface area contributed by atoms with Crippen LogP contribution >= 0.6 is 7.82 Å². The van der Waals surface area contributed by atoms with E-state index in [4.69, 9.17) is 23.3 Å². The molecule has 0 amide bonds. The number of likely N-dealkylation sites (N-methyl/N-ethyl adjacent to an activating group) is 1. The van der Waals surface area contributed by atoms with Crippen LogP contribution in [0.4, 0.5) is 0 Å². The zero-order valence-corrected chi connectivity index (χ0v) is 38.8. The van der Waals surface area contributed by atoms with Crippen molar-refractivity contribution in [1.82, 2.24) is 0 Å². The fraction of sp³-hybridized carbons (Fsp3) is 0.750. The molecule has 4 atom stereocenters. The van der Waals surface area contributed by atoms with E-state index in [1.165, 1.54) is 77.0 Å². The normalized spacial score (nSPS) is 17.5. The van der Waals surface area contributed by atoms with Gasteiger partial charge >= 0.3 is 19.8 Å². The first-order chi connectivity index (χ1) is 28.5. The first kappa shape index (κ1) is 54.7. The zero-order valence-electron chi connectivity index (χ0n) is 37.9. The van der Waals surface area contributed by atoms with Crippen LogP contribution in [0.25, 0.3) is 0 Å². The number of allylic oxidation sites excluding steroid dienone is 8. The summed E-state index contributed by atoms with van der Waals surface area (Å²) in [4.78, 5) is 35.4. The van der Waals surface area contributed by atoms with E-state index >= 15 is 0 Å². The molecule has 3 unspecified atom stereocenters. The molecule has 0 aromatic carbocycles. The van der Waals surface area contributed by atoms with E-state index in [0.29, 0.717) is 29.7 Å². The van der Waals surface area contributed by atoms with Crippen molar-refractivity contribution in [3.05, 3.63) is 60.8 Å². The highest BCUT2D eigenvalue weighted by Crippen LogP contribution is 2.43. The Morgan fingerprint density at radius 1 is 0.627 bits per heavy atom. The third kappa shape index (κ3) is 37.2. The Morgan fingerprint density at radius 2 is 1.12 bits per heavy atom. The van der Waals surface area contributed by atoms with E-state index in [9.17, 15) is 19.0 Å². The number of quaternary nitrogens is 1. The highest BCUT2D eigenvalue weighted by molar-refractivity contribution is 7.47. The molecule has 0 radical (unpaired) electrons. The number of hydrogen-bond acceptors (Lipinski definition) is 8. The van der Waals surface area contributed by atoms with Gasteiger partial charge < -0.3 is 23.6 Å². The second-order valence-electron chi connectivity index (χ2n) is 16.8. The molecule has 11 heteroatoms. The Kier molecular flexibility index (Phi) is 33.7. The van der Waals surface area contributed by atoms with Crippen LogP contribution in [0.5, 0.6) is 0 Å². The molecule has 0 spiro atoms. The van der Waals surface area contributed by atoms with E-state index in [0.717, 1.165) is 57.8 Å². The lowest BCUT2D eigenvalue weighted by Crippen LogP contribution is -2.37. The van der Waals surface area contributed by atoms with Gasteiger partial charge in [-0.1, -0.05) is 164 Å². The smallest absolute Gasteiger partial charge is 0.462 e. The predicted octanol–water partition coefficient (Wildman–Crippen LogP) is 12.2. The van der Waals surface area contributed by atoms with Crippen molar-refractivity contribution in [3.63, 3.8) is 0 Å². The Balaban J connectivity index is 2.31. The van der Waals surface area contributed by atoms with E-state index in [2.05, 4.69) is 62.5 Å². The largest absolute Gasteiger partial charge is 0.472 e. The summed E-state index contributed by atoms with van der Waals surface area (Å²) in [6, 6.07) is 0. The molecule has 59 heavy (non-hydrogen) atoms. The minimum Gasteiger partial charge on any atom is -0.462 e. The van der Waals surface area contributed by atoms with Crippen molar-refractivity contribution in [2.24, 2.45) is 0 Å². The van der Waals surface area contributed by atoms with Crippen LogP contribution in [0, 0.1) is 0 Å². The van der Waals surface area contributed by atoms with Crippen molar-refractivity contribution in [3.8, 4) is 0 Å². The lowest BCUT2D eigenvalue weighted by Gasteiger charge is -2.24. The number of phosphoric ester groups is 1. The van der Waals surface area contributed by atoms with E-state index in [1.54, 1.807) is 0 Å². The summed E-state index contributed by atoms with van der Waals surface area (Å²) in [7, 11) is 1.42. The monoisotopic (exact) mass is 851 g/mol. The van der Waals surface area contributed by atoms with E-state index in [-0.39, 0.29) is 32.0 Å². The number of hydrogen-bond donors (Lipinski definition) is 1. The molecule has 0 bridgehead atoms. The fourth-order valence-electron chi connectivity index (χ4n) is 6.26. The maximum absolute atomic E-state index is 12.7. The quantitative estimate of drug-likeness (QED) is 0.0160. The topological polar surface area (TPSA) is 121 Å². The van der Waals surface area contributed by atoms with Crippen LogP contribution in [-0.2, 0) is 37.4 Å². The molecule has 0 aliphatic carbocycles. The van der Waals surface area contributed by atoms with Crippen LogP contribution in [0.2, 0.25) is 0 Å². The van der Waals surface area contributed by atoms with Gasteiger partial charge in [0.2, 0.25) is 0 Å². The summed E-state index contributed by atoms with van der Waals surface area (Å²) >= 11 is 0. The summed E-state index contributed by atoms with van der Waals surface area (Å²) in [6.07, 6.45) is 46.1. The van der Waals surface area contributed by atoms with Gasteiger partial charge in [-0.05, 0) is 51.4 Å².